The van der Waals surface area contributed by atoms with Gasteiger partial charge in [0, 0.05) is 38.8 Å². The van der Waals surface area contributed by atoms with Crippen LogP contribution in [0.2, 0.25) is 0 Å². The fourth-order valence-corrected chi connectivity index (χ4v) is 4.13. The Labute approximate surface area is 175 Å². The lowest BCUT2D eigenvalue weighted by Gasteiger charge is -2.36. The van der Waals surface area contributed by atoms with E-state index in [0.29, 0.717) is 12.4 Å². The normalized spacial score (nSPS) is 16.6. The molecule has 1 saturated heterocycles. The van der Waals surface area contributed by atoms with Crippen molar-refractivity contribution >= 4 is 17.2 Å². The molecule has 1 aromatic carbocycles. The van der Waals surface area contributed by atoms with E-state index in [0.717, 1.165) is 36.7 Å². The first-order valence-electron chi connectivity index (χ1n) is 9.89. The first-order chi connectivity index (χ1) is 14.1. The van der Waals surface area contributed by atoms with Gasteiger partial charge in [-0.1, -0.05) is 24.3 Å². The number of carbonyl (C=O) groups excluding carboxylic acids is 1. The summed E-state index contributed by atoms with van der Waals surface area (Å²) in [5, 5.41) is 9.53. The monoisotopic (exact) mass is 410 g/mol. The summed E-state index contributed by atoms with van der Waals surface area (Å²) in [5.74, 6) is 0.643. The zero-order chi connectivity index (χ0) is 20.2. The number of amides is 1. The molecule has 1 N–H and O–H groups in total. The van der Waals surface area contributed by atoms with Crippen molar-refractivity contribution < 1.29 is 4.79 Å². The van der Waals surface area contributed by atoms with E-state index in [9.17, 15) is 4.79 Å². The van der Waals surface area contributed by atoms with Crippen molar-refractivity contribution in [3.8, 4) is 16.4 Å². The third kappa shape index (κ3) is 4.55. The number of carbonyl (C=O) groups is 1. The largest absolute Gasteiger partial charge is 0.348 e. The van der Waals surface area contributed by atoms with E-state index >= 15 is 0 Å². The summed E-state index contributed by atoms with van der Waals surface area (Å²) in [6.07, 6.45) is 0. The fraction of sp³-hybridized carbons (Fsp3) is 0.381. The standard InChI is InChI=1S/C21H26N6OS/c1-16(26-12-10-25(2)11-13-26)15-22-21(28)19-23-20(18-9-6-14-29-18)27(24-19)17-7-4-3-5-8-17/h3-9,14,16H,10-13,15H2,1-2H3,(H,22,28). The second kappa shape index (κ2) is 8.86. The van der Waals surface area contributed by atoms with Gasteiger partial charge in [-0.15, -0.1) is 16.4 Å². The number of hydrogen-bond acceptors (Lipinski definition) is 6. The molecule has 2 aromatic heterocycles. The van der Waals surface area contributed by atoms with Gasteiger partial charge in [0.15, 0.2) is 5.82 Å². The zero-order valence-electron chi connectivity index (χ0n) is 16.8. The van der Waals surface area contributed by atoms with E-state index in [1.165, 1.54) is 0 Å². The van der Waals surface area contributed by atoms with Gasteiger partial charge in [-0.25, -0.2) is 9.67 Å². The van der Waals surface area contributed by atoms with Crippen LogP contribution in [0, 0.1) is 0 Å². The minimum Gasteiger partial charge on any atom is -0.348 e. The van der Waals surface area contributed by atoms with Gasteiger partial charge in [0.25, 0.3) is 5.91 Å². The molecule has 1 fully saturated rings. The Kier molecular flexibility index (Phi) is 6.03. The maximum atomic E-state index is 12.8. The maximum Gasteiger partial charge on any atom is 0.291 e. The predicted octanol–water partition coefficient (Wildman–Crippen LogP) is 2.36. The van der Waals surface area contributed by atoms with Crippen LogP contribution in [0.3, 0.4) is 0 Å². The summed E-state index contributed by atoms with van der Waals surface area (Å²) >= 11 is 1.58. The number of rotatable bonds is 6. The van der Waals surface area contributed by atoms with Gasteiger partial charge < -0.3 is 10.2 Å². The fourth-order valence-electron chi connectivity index (χ4n) is 3.43. The van der Waals surface area contributed by atoms with Crippen molar-refractivity contribution in [1.82, 2.24) is 29.9 Å². The molecule has 1 aliphatic rings. The van der Waals surface area contributed by atoms with Gasteiger partial charge in [-0.3, -0.25) is 9.69 Å². The summed E-state index contributed by atoms with van der Waals surface area (Å²) in [7, 11) is 2.14. The van der Waals surface area contributed by atoms with Gasteiger partial charge in [-0.2, -0.15) is 0 Å². The molecule has 0 saturated carbocycles. The smallest absolute Gasteiger partial charge is 0.291 e. The van der Waals surface area contributed by atoms with Gasteiger partial charge in [0.1, 0.15) is 0 Å². The number of piperazine rings is 1. The van der Waals surface area contributed by atoms with Crippen LogP contribution >= 0.6 is 11.3 Å². The van der Waals surface area contributed by atoms with Gasteiger partial charge in [0.05, 0.1) is 10.6 Å². The summed E-state index contributed by atoms with van der Waals surface area (Å²) in [6.45, 7) is 6.90. The van der Waals surface area contributed by atoms with Crippen LogP contribution in [-0.4, -0.2) is 76.3 Å². The molecule has 0 radical (unpaired) electrons. The number of hydrogen-bond donors (Lipinski definition) is 1. The number of benzene rings is 1. The molecular weight excluding hydrogens is 384 g/mol. The van der Waals surface area contributed by atoms with Crippen LogP contribution in [0.1, 0.15) is 17.5 Å². The van der Waals surface area contributed by atoms with Crippen molar-refractivity contribution in [2.24, 2.45) is 0 Å². The minimum absolute atomic E-state index is 0.197. The molecule has 1 unspecified atom stereocenters. The molecule has 1 atom stereocenters. The molecule has 0 spiro atoms. The lowest BCUT2D eigenvalue weighted by molar-refractivity contribution is 0.0894. The molecule has 4 rings (SSSR count). The molecule has 0 aliphatic carbocycles. The van der Waals surface area contributed by atoms with Crippen molar-refractivity contribution in [2.45, 2.75) is 13.0 Å². The number of nitrogens with zero attached hydrogens (tertiary/aromatic N) is 5. The Morgan fingerprint density at radius 1 is 1.14 bits per heavy atom. The second-order valence-corrected chi connectivity index (χ2v) is 8.33. The number of para-hydroxylation sites is 1. The summed E-state index contributed by atoms with van der Waals surface area (Å²) in [5.41, 5.74) is 0.883. The lowest BCUT2D eigenvalue weighted by atomic mass is 10.2. The maximum absolute atomic E-state index is 12.8. The Hall–Kier alpha value is -2.55. The van der Waals surface area contributed by atoms with E-state index in [-0.39, 0.29) is 17.8 Å². The van der Waals surface area contributed by atoms with Crippen LogP contribution in [0.15, 0.2) is 47.8 Å². The summed E-state index contributed by atoms with van der Waals surface area (Å²) in [6, 6.07) is 14.0. The van der Waals surface area contributed by atoms with E-state index in [1.54, 1.807) is 16.0 Å². The molecule has 0 bridgehead atoms. The first kappa shape index (κ1) is 19.8. The number of nitrogens with one attached hydrogen (secondary N) is 1. The Balaban J connectivity index is 1.49. The van der Waals surface area contributed by atoms with Gasteiger partial charge >= 0.3 is 0 Å². The number of thiophene rings is 1. The highest BCUT2D eigenvalue weighted by molar-refractivity contribution is 7.13. The zero-order valence-corrected chi connectivity index (χ0v) is 17.6. The summed E-state index contributed by atoms with van der Waals surface area (Å²) in [4.78, 5) is 23.1. The highest BCUT2D eigenvalue weighted by Crippen LogP contribution is 2.25. The van der Waals surface area contributed by atoms with Gasteiger partial charge in [-0.05, 0) is 37.6 Å². The molecule has 29 heavy (non-hydrogen) atoms. The van der Waals surface area contributed by atoms with Gasteiger partial charge in [0.2, 0.25) is 5.82 Å². The average Bonchev–Trinajstić information content (AvgIpc) is 3.42. The minimum atomic E-state index is -0.238. The van der Waals surface area contributed by atoms with Crippen LogP contribution in [0.5, 0.6) is 0 Å². The van der Waals surface area contributed by atoms with E-state index < -0.39 is 0 Å². The predicted molar refractivity (Wildman–Crippen MR) is 116 cm³/mol. The van der Waals surface area contributed by atoms with Crippen molar-refractivity contribution in [2.75, 3.05) is 39.8 Å². The Morgan fingerprint density at radius 2 is 1.90 bits per heavy atom. The van der Waals surface area contributed by atoms with Crippen LogP contribution in [0.4, 0.5) is 0 Å². The summed E-state index contributed by atoms with van der Waals surface area (Å²) < 4.78 is 1.74. The number of likely N-dealkylation sites (N-methyl/N-ethyl adjacent to an activating group) is 1. The van der Waals surface area contributed by atoms with E-state index in [1.807, 2.05) is 47.8 Å². The van der Waals surface area contributed by atoms with Crippen molar-refractivity contribution in [1.29, 1.82) is 0 Å². The molecule has 3 aromatic rings. The number of aromatic nitrogens is 3. The molecule has 152 valence electrons. The third-order valence-corrected chi connectivity index (χ3v) is 6.14. The molecule has 8 heteroatoms. The molecule has 3 heterocycles. The van der Waals surface area contributed by atoms with Crippen molar-refractivity contribution in [3.05, 3.63) is 53.7 Å². The first-order valence-corrected chi connectivity index (χ1v) is 10.8. The Bertz CT molecular complexity index is 932. The van der Waals surface area contributed by atoms with Crippen LogP contribution < -0.4 is 5.32 Å². The highest BCUT2D eigenvalue weighted by atomic mass is 32.1. The van der Waals surface area contributed by atoms with Crippen LogP contribution in [0.25, 0.3) is 16.4 Å². The molecule has 1 amide bonds. The topological polar surface area (TPSA) is 66.3 Å². The molecule has 1 aliphatic heterocycles. The Morgan fingerprint density at radius 3 is 2.59 bits per heavy atom. The SMILES string of the molecule is CC(CNC(=O)c1nc(-c2cccs2)n(-c2ccccc2)n1)N1CCN(C)CC1. The average molecular weight is 411 g/mol. The molecular formula is C21H26N6OS. The lowest BCUT2D eigenvalue weighted by Crippen LogP contribution is -2.51. The van der Waals surface area contributed by atoms with E-state index in [2.05, 4.69) is 39.2 Å². The highest BCUT2D eigenvalue weighted by Gasteiger charge is 2.22. The van der Waals surface area contributed by atoms with Crippen molar-refractivity contribution in [3.63, 3.8) is 0 Å². The van der Waals surface area contributed by atoms with E-state index in [4.69, 9.17) is 0 Å². The van der Waals surface area contributed by atoms with Crippen LogP contribution in [-0.2, 0) is 0 Å². The quantitative estimate of drug-likeness (QED) is 0.676. The third-order valence-electron chi connectivity index (χ3n) is 5.27. The molecule has 7 nitrogen and oxygen atoms in total. The second-order valence-electron chi connectivity index (χ2n) is 7.38.